The molecule has 1 aromatic carbocycles. The van der Waals surface area contributed by atoms with E-state index < -0.39 is 5.97 Å². The van der Waals surface area contributed by atoms with Crippen LogP contribution in [0.5, 0.6) is 0 Å². The number of pyridine rings is 1. The number of hydrogen-bond donors (Lipinski definition) is 1. The number of rotatable bonds is 2. The molecule has 0 unspecified atom stereocenters. The van der Waals surface area contributed by atoms with E-state index in [4.69, 9.17) is 11.6 Å². The molecule has 2 rings (SSSR count). The molecule has 1 heterocycles. The quantitative estimate of drug-likeness (QED) is 0.839. The zero-order chi connectivity index (χ0) is 13.3. The molecule has 4 heteroatoms. The zero-order valence-electron chi connectivity index (χ0n) is 10.1. The second-order valence-electron chi connectivity index (χ2n) is 4.15. The first-order valence-electron chi connectivity index (χ1n) is 5.46. The lowest BCUT2D eigenvalue weighted by atomic mass is 9.96. The summed E-state index contributed by atoms with van der Waals surface area (Å²) in [6.45, 7) is 3.94. The predicted octanol–water partition coefficient (Wildman–Crippen LogP) is 3.72. The Labute approximate surface area is 110 Å². The number of carboxylic acid groups (broad SMARTS) is 1. The highest BCUT2D eigenvalue weighted by Gasteiger charge is 2.17. The molecule has 0 fully saturated rings. The number of carboxylic acids is 1. The van der Waals surface area contributed by atoms with Crippen molar-refractivity contribution < 1.29 is 9.90 Å². The van der Waals surface area contributed by atoms with Crippen LogP contribution in [0.1, 0.15) is 21.5 Å². The Balaban J connectivity index is 2.71. The van der Waals surface area contributed by atoms with Crippen LogP contribution in [0.4, 0.5) is 0 Å². The number of benzene rings is 1. The average molecular weight is 262 g/mol. The van der Waals surface area contributed by atoms with E-state index in [2.05, 4.69) is 4.98 Å². The summed E-state index contributed by atoms with van der Waals surface area (Å²) in [5.41, 5.74) is 3.65. The van der Waals surface area contributed by atoms with Gasteiger partial charge >= 0.3 is 5.97 Å². The Kier molecular flexibility index (Phi) is 3.34. The van der Waals surface area contributed by atoms with E-state index in [9.17, 15) is 9.90 Å². The van der Waals surface area contributed by atoms with Crippen LogP contribution in [0.3, 0.4) is 0 Å². The van der Waals surface area contributed by atoms with E-state index in [0.29, 0.717) is 5.56 Å². The van der Waals surface area contributed by atoms with Crippen molar-refractivity contribution >= 4 is 17.6 Å². The van der Waals surface area contributed by atoms with Crippen LogP contribution in [0.25, 0.3) is 11.1 Å². The minimum absolute atomic E-state index is 0.0139. The first-order valence-corrected chi connectivity index (χ1v) is 5.84. The Morgan fingerprint density at radius 3 is 2.56 bits per heavy atom. The summed E-state index contributed by atoms with van der Waals surface area (Å²) in [5, 5.41) is 9.24. The standard InChI is InChI=1S/C14H12ClNO2/c1-8-3-4-10(9(2)7-8)11-5-6-16-13(15)12(11)14(17)18/h3-7H,1-2H3,(H,17,18). The molecule has 0 atom stereocenters. The van der Waals surface area contributed by atoms with Gasteiger partial charge in [-0.05, 0) is 31.0 Å². The van der Waals surface area contributed by atoms with E-state index in [1.807, 2.05) is 32.0 Å². The lowest BCUT2D eigenvalue weighted by molar-refractivity contribution is 0.0697. The molecule has 0 aliphatic heterocycles. The molecule has 92 valence electrons. The molecule has 0 bridgehead atoms. The largest absolute Gasteiger partial charge is 0.478 e. The Morgan fingerprint density at radius 1 is 1.22 bits per heavy atom. The van der Waals surface area contributed by atoms with Crippen LogP contribution in [-0.2, 0) is 0 Å². The number of halogens is 1. The minimum Gasteiger partial charge on any atom is -0.478 e. The van der Waals surface area contributed by atoms with E-state index in [0.717, 1.165) is 16.7 Å². The molecule has 3 nitrogen and oxygen atoms in total. The van der Waals surface area contributed by atoms with Crippen LogP contribution in [0.2, 0.25) is 5.15 Å². The number of aryl methyl sites for hydroxylation is 2. The highest BCUT2D eigenvalue weighted by atomic mass is 35.5. The molecule has 0 aliphatic rings. The van der Waals surface area contributed by atoms with Crippen LogP contribution >= 0.6 is 11.6 Å². The molecular weight excluding hydrogens is 250 g/mol. The number of hydrogen-bond acceptors (Lipinski definition) is 2. The molecule has 0 saturated carbocycles. The zero-order valence-corrected chi connectivity index (χ0v) is 10.8. The van der Waals surface area contributed by atoms with Crippen molar-refractivity contribution in [1.29, 1.82) is 0 Å². The topological polar surface area (TPSA) is 50.2 Å². The summed E-state index contributed by atoms with van der Waals surface area (Å²) < 4.78 is 0. The van der Waals surface area contributed by atoms with Gasteiger partial charge in [-0.15, -0.1) is 0 Å². The fourth-order valence-electron chi connectivity index (χ4n) is 1.98. The fourth-order valence-corrected chi connectivity index (χ4v) is 2.22. The van der Waals surface area contributed by atoms with Gasteiger partial charge in [-0.3, -0.25) is 0 Å². The molecule has 2 aromatic rings. The monoisotopic (exact) mass is 261 g/mol. The third-order valence-corrected chi connectivity index (χ3v) is 3.08. The van der Waals surface area contributed by atoms with Gasteiger partial charge in [0.05, 0.1) is 0 Å². The van der Waals surface area contributed by atoms with E-state index in [-0.39, 0.29) is 10.7 Å². The molecule has 0 radical (unpaired) electrons. The second-order valence-corrected chi connectivity index (χ2v) is 4.51. The molecule has 0 saturated heterocycles. The van der Waals surface area contributed by atoms with Gasteiger partial charge < -0.3 is 5.11 Å². The van der Waals surface area contributed by atoms with Crippen molar-refractivity contribution in [1.82, 2.24) is 4.98 Å². The number of aromatic nitrogens is 1. The van der Waals surface area contributed by atoms with Crippen molar-refractivity contribution in [2.45, 2.75) is 13.8 Å². The van der Waals surface area contributed by atoms with Crippen molar-refractivity contribution in [3.8, 4) is 11.1 Å². The predicted molar refractivity (Wildman–Crippen MR) is 71.1 cm³/mol. The van der Waals surface area contributed by atoms with Crippen molar-refractivity contribution in [3.05, 3.63) is 52.3 Å². The Hall–Kier alpha value is -1.87. The van der Waals surface area contributed by atoms with E-state index in [1.165, 1.54) is 6.20 Å². The molecular formula is C14H12ClNO2. The molecule has 1 aromatic heterocycles. The SMILES string of the molecule is Cc1ccc(-c2ccnc(Cl)c2C(=O)O)c(C)c1. The van der Waals surface area contributed by atoms with Crippen molar-refractivity contribution in [3.63, 3.8) is 0 Å². The molecule has 1 N–H and O–H groups in total. The van der Waals surface area contributed by atoms with Crippen LogP contribution < -0.4 is 0 Å². The Morgan fingerprint density at radius 2 is 1.94 bits per heavy atom. The van der Waals surface area contributed by atoms with Gasteiger partial charge in [-0.1, -0.05) is 35.4 Å². The van der Waals surface area contributed by atoms with Crippen molar-refractivity contribution in [2.24, 2.45) is 0 Å². The average Bonchev–Trinajstić information content (AvgIpc) is 2.28. The van der Waals surface area contributed by atoms with Crippen LogP contribution in [0.15, 0.2) is 30.5 Å². The highest BCUT2D eigenvalue weighted by molar-refractivity contribution is 6.33. The maximum Gasteiger partial charge on any atom is 0.339 e. The summed E-state index contributed by atoms with van der Waals surface area (Å²) >= 11 is 5.87. The maximum atomic E-state index is 11.3. The second kappa shape index (κ2) is 4.78. The normalized spacial score (nSPS) is 10.4. The smallest absolute Gasteiger partial charge is 0.339 e. The van der Waals surface area contributed by atoms with Gasteiger partial charge in [0, 0.05) is 11.8 Å². The number of aromatic carboxylic acids is 1. The van der Waals surface area contributed by atoms with E-state index in [1.54, 1.807) is 6.07 Å². The molecule has 0 spiro atoms. The summed E-state index contributed by atoms with van der Waals surface area (Å²) in [6, 6.07) is 7.54. The Bertz CT molecular complexity index is 623. The third-order valence-electron chi connectivity index (χ3n) is 2.79. The lowest BCUT2D eigenvalue weighted by Crippen LogP contribution is -2.03. The maximum absolute atomic E-state index is 11.3. The number of carbonyl (C=O) groups is 1. The van der Waals surface area contributed by atoms with Crippen LogP contribution in [-0.4, -0.2) is 16.1 Å². The molecule has 18 heavy (non-hydrogen) atoms. The third kappa shape index (κ3) is 2.22. The van der Waals surface area contributed by atoms with Gasteiger partial charge in [-0.25, -0.2) is 9.78 Å². The summed E-state index contributed by atoms with van der Waals surface area (Å²) in [6.07, 6.45) is 1.52. The van der Waals surface area contributed by atoms with Gasteiger partial charge in [0.2, 0.25) is 0 Å². The van der Waals surface area contributed by atoms with Crippen molar-refractivity contribution in [2.75, 3.05) is 0 Å². The lowest BCUT2D eigenvalue weighted by Gasteiger charge is -2.10. The first-order chi connectivity index (χ1) is 8.50. The van der Waals surface area contributed by atoms with Gasteiger partial charge in [0.25, 0.3) is 0 Å². The van der Waals surface area contributed by atoms with Gasteiger partial charge in [0.15, 0.2) is 0 Å². The molecule has 0 amide bonds. The van der Waals surface area contributed by atoms with E-state index >= 15 is 0 Å². The fraction of sp³-hybridized carbons (Fsp3) is 0.143. The van der Waals surface area contributed by atoms with Crippen LogP contribution in [0, 0.1) is 13.8 Å². The number of nitrogens with zero attached hydrogens (tertiary/aromatic N) is 1. The van der Waals surface area contributed by atoms with Gasteiger partial charge in [0.1, 0.15) is 10.7 Å². The summed E-state index contributed by atoms with van der Waals surface area (Å²) in [7, 11) is 0. The summed E-state index contributed by atoms with van der Waals surface area (Å²) in [5.74, 6) is -1.07. The van der Waals surface area contributed by atoms with Gasteiger partial charge in [-0.2, -0.15) is 0 Å². The molecule has 0 aliphatic carbocycles. The minimum atomic E-state index is -1.07. The summed E-state index contributed by atoms with van der Waals surface area (Å²) in [4.78, 5) is 15.1. The first kappa shape index (κ1) is 12.6. The highest BCUT2D eigenvalue weighted by Crippen LogP contribution is 2.30.